The van der Waals surface area contributed by atoms with E-state index in [1.807, 2.05) is 43.7 Å². The molecule has 3 unspecified atom stereocenters. The van der Waals surface area contributed by atoms with E-state index in [9.17, 15) is 19.2 Å². The number of alkyl carbamates (subject to hydrolysis) is 2. The van der Waals surface area contributed by atoms with Crippen LogP contribution in [0.5, 0.6) is 0 Å². The minimum atomic E-state index is -0.698. The largest absolute Gasteiger partial charge is 0.453 e. The summed E-state index contributed by atoms with van der Waals surface area (Å²) in [5.74, 6) is 9.06. The number of aromatic nitrogens is 4. The van der Waals surface area contributed by atoms with Crippen LogP contribution in [-0.4, -0.2) is 93.1 Å². The summed E-state index contributed by atoms with van der Waals surface area (Å²) in [6.45, 7) is 10.9. The van der Waals surface area contributed by atoms with E-state index in [4.69, 9.17) is 14.5 Å². The van der Waals surface area contributed by atoms with E-state index in [1.54, 1.807) is 6.20 Å². The van der Waals surface area contributed by atoms with Crippen molar-refractivity contribution >= 4 is 24.0 Å². The SMILES string of the molecule is COC(=O)N[C@H](C(=O)N1CCCC1c1ncc(C#Cc2ccc(-c3ccc(-c4cnc([C@@H]5C[C@H](C)CN5C(=O)[C@H](NC(=O)OC)C(C)C)[nH]4)cc3)c3c2C2CCC3C2)[nH]1)C(C)C. The Balaban J connectivity index is 0.990. The number of imidazole rings is 2. The second-order valence-electron chi connectivity index (χ2n) is 18.1. The Kier molecular flexibility index (Phi) is 12.2. The van der Waals surface area contributed by atoms with E-state index in [1.165, 1.54) is 43.8 Å². The van der Waals surface area contributed by atoms with Crippen LogP contribution in [0.4, 0.5) is 9.59 Å². The Morgan fingerprint density at radius 1 is 0.726 bits per heavy atom. The van der Waals surface area contributed by atoms with Crippen molar-refractivity contribution in [3.8, 4) is 34.2 Å². The van der Waals surface area contributed by atoms with Gasteiger partial charge in [0.2, 0.25) is 11.8 Å². The van der Waals surface area contributed by atoms with Crippen LogP contribution >= 0.6 is 0 Å². The zero-order valence-electron chi connectivity index (χ0n) is 36.7. The van der Waals surface area contributed by atoms with Crippen LogP contribution in [0.15, 0.2) is 48.8 Å². The van der Waals surface area contributed by atoms with E-state index in [0.29, 0.717) is 36.4 Å². The molecular formula is C48H58N8O6. The van der Waals surface area contributed by atoms with E-state index in [0.717, 1.165) is 53.9 Å². The van der Waals surface area contributed by atoms with Crippen LogP contribution in [0, 0.1) is 29.6 Å². The standard InChI is InChI=1S/C48H58N8O6/c1-26(2)41(53-47(59)61-6)45(57)55-20-8-9-37(55)43-49-23-34(51-43)18-16-31-17-19-35(40-33-15-14-32(22-33)39(31)40)29-10-12-30(13-11-29)36-24-50-44(52-36)38-21-28(5)25-56(38)46(58)42(27(3)4)54-48(60)62-7/h10-13,17,19,23-24,26-28,32-33,37-38,41-42H,8-9,14-15,20-22,25H2,1-7H3,(H,49,51)(H,50,52)(H,53,59)(H,54,60)/t28-,32?,33?,37?,38-,41-,42+/m0/s1. The minimum absolute atomic E-state index is 0.109. The maximum absolute atomic E-state index is 13.8. The van der Waals surface area contributed by atoms with Crippen LogP contribution in [0.3, 0.4) is 0 Å². The molecule has 7 atom stereocenters. The average molecular weight is 843 g/mol. The third-order valence-electron chi connectivity index (χ3n) is 13.3. The van der Waals surface area contributed by atoms with Gasteiger partial charge in [0.05, 0.1) is 44.4 Å². The maximum Gasteiger partial charge on any atom is 0.407 e. The molecule has 14 nitrogen and oxygen atoms in total. The second kappa shape index (κ2) is 17.7. The molecule has 0 radical (unpaired) electrons. The van der Waals surface area contributed by atoms with Crippen LogP contribution in [0.25, 0.3) is 22.4 Å². The van der Waals surface area contributed by atoms with Gasteiger partial charge in [-0.15, -0.1) is 0 Å². The van der Waals surface area contributed by atoms with Gasteiger partial charge in [0.25, 0.3) is 0 Å². The Labute approximate surface area is 363 Å². The zero-order valence-corrected chi connectivity index (χ0v) is 36.7. The fraction of sp³-hybridized carbons (Fsp3) is 0.500. The summed E-state index contributed by atoms with van der Waals surface area (Å²) in [4.78, 5) is 71.5. The number of amides is 4. The molecule has 62 heavy (non-hydrogen) atoms. The predicted molar refractivity (Wildman–Crippen MR) is 234 cm³/mol. The topological polar surface area (TPSA) is 175 Å². The zero-order chi connectivity index (χ0) is 43.8. The van der Waals surface area contributed by atoms with E-state index in [-0.39, 0.29) is 41.7 Å². The number of fused-ring (bicyclic) bond motifs is 5. The van der Waals surface area contributed by atoms with Crippen molar-refractivity contribution in [1.82, 2.24) is 40.4 Å². The molecule has 2 aliphatic heterocycles. The molecule has 2 saturated heterocycles. The molecule has 8 rings (SSSR count). The molecule has 4 N–H and O–H groups in total. The molecule has 2 aliphatic carbocycles. The van der Waals surface area contributed by atoms with Crippen LogP contribution in [0.1, 0.15) is 131 Å². The van der Waals surface area contributed by atoms with E-state index < -0.39 is 24.3 Å². The molecule has 4 heterocycles. The summed E-state index contributed by atoms with van der Waals surface area (Å²) in [7, 11) is 2.59. The van der Waals surface area contributed by atoms with Gasteiger partial charge in [0.1, 0.15) is 29.4 Å². The summed E-state index contributed by atoms with van der Waals surface area (Å²) < 4.78 is 9.58. The number of hydrogen-bond acceptors (Lipinski definition) is 8. The molecule has 3 fully saturated rings. The fourth-order valence-electron chi connectivity index (χ4n) is 10.2. The Morgan fingerprint density at radius 3 is 2.00 bits per heavy atom. The van der Waals surface area contributed by atoms with Crippen molar-refractivity contribution in [1.29, 1.82) is 0 Å². The lowest BCUT2D eigenvalue weighted by Crippen LogP contribution is -2.51. The van der Waals surface area contributed by atoms with Crippen molar-refractivity contribution in [2.75, 3.05) is 27.3 Å². The van der Waals surface area contributed by atoms with Gasteiger partial charge in [0.15, 0.2) is 0 Å². The molecule has 1 saturated carbocycles. The Bertz CT molecular complexity index is 2390. The van der Waals surface area contributed by atoms with Gasteiger partial charge in [-0.1, -0.05) is 70.9 Å². The first kappa shape index (κ1) is 42.6. The van der Waals surface area contributed by atoms with Gasteiger partial charge in [0, 0.05) is 18.7 Å². The third-order valence-corrected chi connectivity index (χ3v) is 13.3. The number of benzene rings is 2. The summed E-state index contributed by atoms with van der Waals surface area (Å²) in [6.07, 6.45) is 8.23. The molecule has 4 aliphatic rings. The summed E-state index contributed by atoms with van der Waals surface area (Å²) in [6, 6.07) is 11.1. The first-order valence-corrected chi connectivity index (χ1v) is 22.0. The van der Waals surface area contributed by atoms with Gasteiger partial charge in [-0.05, 0) is 108 Å². The van der Waals surface area contributed by atoms with Crippen molar-refractivity contribution in [3.63, 3.8) is 0 Å². The minimum Gasteiger partial charge on any atom is -0.453 e. The highest BCUT2D eigenvalue weighted by Crippen LogP contribution is 2.56. The highest BCUT2D eigenvalue weighted by molar-refractivity contribution is 5.87. The molecule has 2 aromatic carbocycles. The molecule has 4 amide bonds. The normalized spacial score (nSPS) is 22.3. The number of likely N-dealkylation sites (tertiary alicyclic amines) is 2. The molecule has 2 bridgehead atoms. The maximum atomic E-state index is 13.8. The second-order valence-corrected chi connectivity index (χ2v) is 18.1. The van der Waals surface area contributed by atoms with Gasteiger partial charge in [-0.25, -0.2) is 19.6 Å². The lowest BCUT2D eigenvalue weighted by atomic mass is 9.83. The smallest absolute Gasteiger partial charge is 0.407 e. The number of ether oxygens (including phenoxy) is 2. The number of carbonyl (C=O) groups excluding carboxylic acids is 4. The molecule has 4 aromatic rings. The van der Waals surface area contributed by atoms with Crippen LogP contribution in [-0.2, 0) is 19.1 Å². The Hall–Kier alpha value is -6.10. The molecule has 2 aromatic heterocycles. The summed E-state index contributed by atoms with van der Waals surface area (Å²) in [5, 5.41) is 5.44. The third kappa shape index (κ3) is 8.29. The highest BCUT2D eigenvalue weighted by Gasteiger charge is 2.42. The van der Waals surface area contributed by atoms with Crippen molar-refractivity contribution in [2.45, 2.75) is 109 Å². The van der Waals surface area contributed by atoms with Gasteiger partial charge >= 0.3 is 12.2 Å². The average Bonchev–Trinajstić information content (AvgIpc) is 4.14. The number of carbonyl (C=O) groups is 4. The van der Waals surface area contributed by atoms with Crippen LogP contribution in [0.2, 0.25) is 0 Å². The van der Waals surface area contributed by atoms with E-state index in [2.05, 4.69) is 80.7 Å². The monoisotopic (exact) mass is 842 g/mol. The first-order valence-electron chi connectivity index (χ1n) is 22.0. The molecular weight excluding hydrogens is 785 g/mol. The van der Waals surface area contributed by atoms with Crippen LogP contribution < -0.4 is 10.6 Å². The van der Waals surface area contributed by atoms with Crippen molar-refractivity contribution < 1.29 is 28.7 Å². The highest BCUT2D eigenvalue weighted by atomic mass is 16.5. The van der Waals surface area contributed by atoms with Crippen molar-refractivity contribution in [2.24, 2.45) is 17.8 Å². The molecule has 0 spiro atoms. The number of methoxy groups -OCH3 is 2. The van der Waals surface area contributed by atoms with Gasteiger partial charge in [-0.2, -0.15) is 0 Å². The number of nitrogens with one attached hydrogen (secondary N) is 4. The predicted octanol–water partition coefficient (Wildman–Crippen LogP) is 7.57. The lowest BCUT2D eigenvalue weighted by Gasteiger charge is -2.30. The fourth-order valence-corrected chi connectivity index (χ4v) is 10.2. The first-order chi connectivity index (χ1) is 29.8. The Morgan fingerprint density at radius 2 is 1.34 bits per heavy atom. The number of H-pyrrole nitrogens is 2. The molecule has 326 valence electrons. The number of rotatable bonds is 10. The summed E-state index contributed by atoms with van der Waals surface area (Å²) >= 11 is 0. The van der Waals surface area contributed by atoms with Gasteiger partial charge in [-0.3, -0.25) is 9.59 Å². The number of aromatic amines is 2. The van der Waals surface area contributed by atoms with Gasteiger partial charge < -0.3 is 39.9 Å². The number of nitrogens with zero attached hydrogens (tertiary/aromatic N) is 4. The molecule has 14 heteroatoms. The van der Waals surface area contributed by atoms with E-state index >= 15 is 0 Å². The summed E-state index contributed by atoms with van der Waals surface area (Å²) in [5.41, 5.74) is 8.82. The number of hydrogen-bond donors (Lipinski definition) is 4. The van der Waals surface area contributed by atoms with Crippen molar-refractivity contribution in [3.05, 3.63) is 82.8 Å². The lowest BCUT2D eigenvalue weighted by molar-refractivity contribution is -0.136. The quantitative estimate of drug-likeness (QED) is 0.118.